The second-order valence-electron chi connectivity index (χ2n) is 12.9. The molecule has 0 saturated heterocycles. The number of benzene rings is 3. The number of ether oxygens (including phenoxy) is 4. The van der Waals surface area contributed by atoms with Crippen molar-refractivity contribution >= 4 is 35.1 Å². The Bertz CT molecular complexity index is 1630. The molecule has 1 heterocycles. The van der Waals surface area contributed by atoms with E-state index in [2.05, 4.69) is 5.32 Å². The molecule has 0 spiro atoms. The zero-order valence-electron chi connectivity index (χ0n) is 28.6. The van der Waals surface area contributed by atoms with Crippen LogP contribution in [-0.2, 0) is 25.5 Å². The van der Waals surface area contributed by atoms with Gasteiger partial charge in [-0.1, -0.05) is 49.7 Å². The van der Waals surface area contributed by atoms with Crippen LogP contribution in [0.3, 0.4) is 0 Å². The first kappa shape index (κ1) is 40.6. The van der Waals surface area contributed by atoms with Gasteiger partial charge >= 0.3 is 5.97 Å². The summed E-state index contributed by atoms with van der Waals surface area (Å²) in [6, 6.07) is 17.5. The number of methoxy groups -OCH3 is 2. The van der Waals surface area contributed by atoms with Crippen molar-refractivity contribution < 1.29 is 87.6 Å². The molecule has 2 atom stereocenters. The second-order valence-corrected chi connectivity index (χ2v) is 13.3. The number of carbonyl (C=O) groups is 3. The van der Waals surface area contributed by atoms with Gasteiger partial charge in [0, 0.05) is 91.0 Å². The summed E-state index contributed by atoms with van der Waals surface area (Å²) in [5.41, 5.74) is 0.576. The Labute approximate surface area is 327 Å². The monoisotopic (exact) mass is 909 g/mol. The van der Waals surface area contributed by atoms with Crippen LogP contribution >= 0.6 is 11.6 Å². The summed E-state index contributed by atoms with van der Waals surface area (Å²) in [4.78, 5) is 40.5. The minimum atomic E-state index is -1.37. The number of carboxylic acid groups (broad SMARTS) is 1. The molecule has 3 N–H and O–H groups in total. The molecule has 1 radical (unpaired) electrons. The number of amides is 2. The molecule has 0 fully saturated rings. The molecule has 1 aliphatic heterocycles. The van der Waals surface area contributed by atoms with E-state index in [-0.39, 0.29) is 70.2 Å². The largest absolute Gasteiger partial charge is 0.493 e. The molecule has 1 aliphatic rings. The van der Waals surface area contributed by atoms with Gasteiger partial charge in [-0.2, -0.15) is 0 Å². The van der Waals surface area contributed by atoms with Crippen molar-refractivity contribution in [3.63, 3.8) is 0 Å². The third-order valence-corrected chi connectivity index (χ3v) is 8.29. The van der Waals surface area contributed by atoms with E-state index in [1.807, 2.05) is 19.9 Å². The average Bonchev–Trinajstić information content (AvgIpc) is 3.15. The molecule has 0 bridgehead atoms. The van der Waals surface area contributed by atoms with Gasteiger partial charge in [-0.25, -0.2) is 4.79 Å². The molecule has 3 aromatic rings. The summed E-state index contributed by atoms with van der Waals surface area (Å²) >= 11 is 6.49. The summed E-state index contributed by atoms with van der Waals surface area (Å²) in [5.74, 6) is -0.600. The van der Waals surface area contributed by atoms with Crippen LogP contribution in [0.5, 0.6) is 17.2 Å². The number of aliphatic hydroxyl groups is 1. The molecule has 2 amide bonds. The Morgan fingerprint density at radius 3 is 2.31 bits per heavy atom. The number of rotatable bonds is 14. The summed E-state index contributed by atoms with van der Waals surface area (Å²) < 4.78 is 23.4. The number of hydrogen-bond donors (Lipinski definition) is 3. The molecule has 0 aromatic heterocycles. The van der Waals surface area contributed by atoms with E-state index in [4.69, 9.17) is 30.5 Å². The maximum absolute atomic E-state index is 14.2. The summed E-state index contributed by atoms with van der Waals surface area (Å²) in [6.45, 7) is 6.89. The van der Waals surface area contributed by atoms with Gasteiger partial charge in [0.25, 0.3) is 5.91 Å². The van der Waals surface area contributed by atoms with Gasteiger partial charge in [0.1, 0.15) is 18.0 Å². The second kappa shape index (κ2) is 17.4. The predicted molar refractivity (Wildman–Crippen MR) is 181 cm³/mol. The Morgan fingerprint density at radius 2 is 1.69 bits per heavy atom. The summed E-state index contributed by atoms with van der Waals surface area (Å²) in [5, 5.41) is 22.7. The van der Waals surface area contributed by atoms with Crippen molar-refractivity contribution in [2.45, 2.75) is 58.3 Å². The van der Waals surface area contributed by atoms with Gasteiger partial charge in [-0.05, 0) is 62.2 Å². The fourth-order valence-electron chi connectivity index (χ4n) is 5.35. The van der Waals surface area contributed by atoms with E-state index in [1.54, 1.807) is 59.5 Å². The number of aliphatic hydroxyl groups excluding tert-OH is 1. The first-order chi connectivity index (χ1) is 22.7. The number of halogens is 1. The number of carbonyl (C=O) groups excluding carboxylic acids is 2. The Balaban J connectivity index is 0.00000650. The molecule has 49 heavy (non-hydrogen) atoms. The minimum absolute atomic E-state index is 0. The fraction of sp³-hybridized carbons (Fsp3) is 0.417. The molecule has 4 rings (SSSR count). The van der Waals surface area contributed by atoms with E-state index >= 15 is 0 Å². The van der Waals surface area contributed by atoms with Crippen molar-refractivity contribution in [3.8, 4) is 17.2 Å². The van der Waals surface area contributed by atoms with E-state index in [0.29, 0.717) is 45.5 Å². The van der Waals surface area contributed by atoms with E-state index in [0.717, 1.165) is 5.56 Å². The van der Waals surface area contributed by atoms with Crippen molar-refractivity contribution in [1.29, 1.82) is 0 Å². The van der Waals surface area contributed by atoms with Crippen molar-refractivity contribution in [2.75, 3.05) is 38.8 Å². The molecular weight excluding hydrogens is 867 g/mol. The number of para-hydroxylation sites is 1. The molecule has 0 unspecified atom stereocenters. The quantitative estimate of drug-likeness (QED) is 0.199. The van der Waals surface area contributed by atoms with Crippen LogP contribution in [0.15, 0.2) is 60.7 Å². The number of hydrogen-bond acceptors (Lipinski definition) is 8. The predicted octanol–water partition coefficient (Wildman–Crippen LogP) is 5.19. The van der Waals surface area contributed by atoms with Gasteiger partial charge in [0.2, 0.25) is 5.91 Å². The zero-order chi connectivity index (χ0) is 35.2. The maximum atomic E-state index is 14.2. The normalized spacial score (nSPS) is 16.2. The van der Waals surface area contributed by atoms with E-state index in [9.17, 15) is 24.6 Å². The Morgan fingerprint density at radius 1 is 1.00 bits per heavy atom. The molecule has 261 valence electrons. The number of anilines is 1. The van der Waals surface area contributed by atoms with E-state index in [1.165, 1.54) is 28.1 Å². The Kier molecular flexibility index (Phi) is 14.4. The minimum Gasteiger partial charge on any atom is -0.493 e. The number of nitrogens with one attached hydrogen (secondary N) is 1. The van der Waals surface area contributed by atoms with Crippen molar-refractivity contribution in [2.24, 2.45) is 5.41 Å². The maximum Gasteiger partial charge on any atom is 0.347 e. The average molecular weight is 910 g/mol. The van der Waals surface area contributed by atoms with Gasteiger partial charge < -0.3 is 39.4 Å². The van der Waals surface area contributed by atoms with Crippen LogP contribution in [0.2, 0.25) is 5.02 Å². The Hall–Kier alpha value is -2.88. The first-order valence-corrected chi connectivity index (χ1v) is 15.9. The summed E-state index contributed by atoms with van der Waals surface area (Å²) in [7, 11) is 3.04. The van der Waals surface area contributed by atoms with Gasteiger partial charge in [0.05, 0.1) is 20.6 Å². The standard InChI is InChI=1S/C36H43ClN2O9.Ac/c1-35(2,21-40)20-39-27-15-12-23(37)18-26(27)31(25-8-7-9-28(45-5)32(25)46-6)47-29(33(39)42)19-30(41)38-17-16-22-10-13-24(14-11-22)48-36(3,4)34(43)44;/h7-15,18,29,31,40H,16-17,19-21H2,1-6H3,(H,38,41)(H,43,44);/t29-,31-;/m1./s1. The van der Waals surface area contributed by atoms with Crippen molar-refractivity contribution in [3.05, 3.63) is 82.4 Å². The van der Waals surface area contributed by atoms with Crippen LogP contribution in [0.25, 0.3) is 0 Å². The van der Waals surface area contributed by atoms with Crippen LogP contribution in [-0.4, -0.2) is 73.6 Å². The first-order valence-electron chi connectivity index (χ1n) is 15.6. The molecular formula is C36H43AcClN2O9. The van der Waals surface area contributed by atoms with Crippen LogP contribution in [0.4, 0.5) is 5.69 Å². The third kappa shape index (κ3) is 10.1. The number of fused-ring (bicyclic) bond motifs is 1. The van der Waals surface area contributed by atoms with Gasteiger partial charge in [-0.3, -0.25) is 9.59 Å². The topological polar surface area (TPSA) is 144 Å². The molecule has 0 saturated carbocycles. The summed E-state index contributed by atoms with van der Waals surface area (Å²) in [6.07, 6.45) is -1.84. The number of nitrogens with zero attached hydrogens (tertiary/aromatic N) is 1. The molecule has 13 heteroatoms. The van der Waals surface area contributed by atoms with E-state index < -0.39 is 41.0 Å². The smallest absolute Gasteiger partial charge is 0.347 e. The van der Waals surface area contributed by atoms with Crippen LogP contribution < -0.4 is 24.4 Å². The number of carboxylic acids is 1. The number of aliphatic carboxylic acids is 1. The van der Waals surface area contributed by atoms with Crippen LogP contribution in [0.1, 0.15) is 56.9 Å². The van der Waals surface area contributed by atoms with Gasteiger partial charge in [-0.15, -0.1) is 0 Å². The van der Waals surface area contributed by atoms with Crippen molar-refractivity contribution in [1.82, 2.24) is 5.32 Å². The zero-order valence-corrected chi connectivity index (χ0v) is 34.1. The molecule has 11 nitrogen and oxygen atoms in total. The van der Waals surface area contributed by atoms with Gasteiger partial charge in [0.15, 0.2) is 17.1 Å². The van der Waals surface area contributed by atoms with Crippen LogP contribution in [0, 0.1) is 49.5 Å². The fourth-order valence-corrected chi connectivity index (χ4v) is 5.54. The molecule has 0 aliphatic carbocycles. The SMILES string of the molecule is COc1cccc([C@H]2O[C@H](CC(=O)NCCc3ccc(OC(C)(C)C(=O)O)cc3)C(=O)N(CC(C)(C)CO)c3ccc(Cl)cc32)c1OC.[Ac]. The molecule has 3 aromatic carbocycles. The third-order valence-electron chi connectivity index (χ3n) is 8.05.